The van der Waals surface area contributed by atoms with Crippen LogP contribution in [0, 0.1) is 6.92 Å². The molecule has 0 bridgehead atoms. The van der Waals surface area contributed by atoms with Gasteiger partial charge >= 0.3 is 0 Å². The first kappa shape index (κ1) is 14.6. The van der Waals surface area contributed by atoms with Gasteiger partial charge in [0.15, 0.2) is 0 Å². The van der Waals surface area contributed by atoms with Crippen molar-refractivity contribution in [2.24, 2.45) is 5.73 Å². The summed E-state index contributed by atoms with van der Waals surface area (Å²) >= 11 is 0. The van der Waals surface area contributed by atoms with E-state index in [4.69, 9.17) is 5.73 Å². The summed E-state index contributed by atoms with van der Waals surface area (Å²) in [6.07, 6.45) is 0.967. The van der Waals surface area contributed by atoms with Crippen molar-refractivity contribution < 1.29 is 0 Å². The zero-order valence-electron chi connectivity index (χ0n) is 12.6. The van der Waals surface area contributed by atoms with Gasteiger partial charge in [0.2, 0.25) is 0 Å². The van der Waals surface area contributed by atoms with Gasteiger partial charge < -0.3 is 10.6 Å². The lowest BCUT2D eigenvalue weighted by molar-refractivity contribution is 0.698. The highest BCUT2D eigenvalue weighted by Gasteiger charge is 2.08. The second-order valence-electron chi connectivity index (χ2n) is 5.19. The second kappa shape index (κ2) is 6.58. The quantitative estimate of drug-likeness (QED) is 0.861. The topological polar surface area (TPSA) is 29.3 Å². The van der Waals surface area contributed by atoms with Crippen molar-refractivity contribution in [2.75, 3.05) is 11.4 Å². The Bertz CT molecular complexity index is 546. The molecule has 0 unspecified atom stereocenters. The standard InChI is InChI=1S/C18H24N2/c1-4-18(19)15-9-11-16(12-10-15)20(5-2)17-8-6-7-14(3)13-17/h6-13,18H,4-5,19H2,1-3H3/t18-/m1/s1. The third-order valence-corrected chi connectivity index (χ3v) is 3.70. The van der Waals surface area contributed by atoms with Gasteiger partial charge in [0, 0.05) is 24.0 Å². The van der Waals surface area contributed by atoms with E-state index in [1.807, 2.05) is 0 Å². The van der Waals surface area contributed by atoms with Crippen LogP contribution in [0.4, 0.5) is 11.4 Å². The van der Waals surface area contributed by atoms with Crippen molar-refractivity contribution >= 4 is 11.4 Å². The fraction of sp³-hybridized carbons (Fsp3) is 0.333. The summed E-state index contributed by atoms with van der Waals surface area (Å²) in [7, 11) is 0. The first-order chi connectivity index (χ1) is 9.65. The van der Waals surface area contributed by atoms with Crippen molar-refractivity contribution in [3.63, 3.8) is 0 Å². The fourth-order valence-electron chi connectivity index (χ4n) is 2.45. The highest BCUT2D eigenvalue weighted by molar-refractivity contribution is 5.64. The summed E-state index contributed by atoms with van der Waals surface area (Å²) in [5.41, 5.74) is 11.0. The molecule has 0 saturated carbocycles. The lowest BCUT2D eigenvalue weighted by atomic mass is 10.0. The van der Waals surface area contributed by atoms with Gasteiger partial charge in [-0.25, -0.2) is 0 Å². The summed E-state index contributed by atoms with van der Waals surface area (Å²) in [4.78, 5) is 2.31. The smallest absolute Gasteiger partial charge is 0.0413 e. The van der Waals surface area contributed by atoms with E-state index < -0.39 is 0 Å². The largest absolute Gasteiger partial charge is 0.342 e. The number of hydrogen-bond donors (Lipinski definition) is 1. The van der Waals surface area contributed by atoms with Crippen molar-refractivity contribution in [1.29, 1.82) is 0 Å². The minimum Gasteiger partial charge on any atom is -0.342 e. The first-order valence-corrected chi connectivity index (χ1v) is 7.35. The Morgan fingerprint density at radius 3 is 2.25 bits per heavy atom. The maximum atomic E-state index is 6.07. The lowest BCUT2D eigenvalue weighted by Crippen LogP contribution is -2.16. The summed E-state index contributed by atoms with van der Waals surface area (Å²) < 4.78 is 0. The maximum Gasteiger partial charge on any atom is 0.0413 e. The average molecular weight is 268 g/mol. The summed E-state index contributed by atoms with van der Waals surface area (Å²) in [6.45, 7) is 7.36. The second-order valence-corrected chi connectivity index (χ2v) is 5.19. The monoisotopic (exact) mass is 268 g/mol. The van der Waals surface area contributed by atoms with E-state index in [0.717, 1.165) is 13.0 Å². The molecule has 0 aliphatic carbocycles. The Morgan fingerprint density at radius 2 is 1.70 bits per heavy atom. The minimum absolute atomic E-state index is 0.137. The van der Waals surface area contributed by atoms with Crippen LogP contribution < -0.4 is 10.6 Å². The van der Waals surface area contributed by atoms with Gasteiger partial charge in [-0.15, -0.1) is 0 Å². The average Bonchev–Trinajstić information content (AvgIpc) is 2.48. The molecule has 2 heteroatoms. The predicted octanol–water partition coefficient (Wildman–Crippen LogP) is 4.56. The molecule has 2 nitrogen and oxygen atoms in total. The van der Waals surface area contributed by atoms with Crippen LogP contribution in [0.15, 0.2) is 48.5 Å². The summed E-state index contributed by atoms with van der Waals surface area (Å²) in [6, 6.07) is 17.3. The predicted molar refractivity (Wildman–Crippen MR) is 87.5 cm³/mol. The Hall–Kier alpha value is -1.80. The molecule has 2 N–H and O–H groups in total. The molecule has 0 heterocycles. The van der Waals surface area contributed by atoms with Crippen LogP contribution in [0.25, 0.3) is 0 Å². The van der Waals surface area contributed by atoms with Crippen LogP contribution in [0.2, 0.25) is 0 Å². The van der Waals surface area contributed by atoms with E-state index in [2.05, 4.69) is 74.2 Å². The normalized spacial score (nSPS) is 12.2. The number of hydrogen-bond acceptors (Lipinski definition) is 2. The molecule has 0 saturated heterocycles. The molecule has 0 fully saturated rings. The molecule has 20 heavy (non-hydrogen) atoms. The molecule has 0 aliphatic heterocycles. The van der Waals surface area contributed by atoms with Crippen LogP contribution in [-0.2, 0) is 0 Å². The zero-order valence-corrected chi connectivity index (χ0v) is 12.6. The third-order valence-electron chi connectivity index (χ3n) is 3.70. The number of anilines is 2. The van der Waals surface area contributed by atoms with Gasteiger partial charge in [0.1, 0.15) is 0 Å². The van der Waals surface area contributed by atoms with Gasteiger partial charge in [-0.1, -0.05) is 31.2 Å². The van der Waals surface area contributed by atoms with Gasteiger partial charge in [-0.3, -0.25) is 0 Å². The summed E-state index contributed by atoms with van der Waals surface area (Å²) in [5, 5.41) is 0. The van der Waals surface area contributed by atoms with Gasteiger partial charge in [-0.2, -0.15) is 0 Å². The zero-order chi connectivity index (χ0) is 14.5. The summed E-state index contributed by atoms with van der Waals surface area (Å²) in [5.74, 6) is 0. The van der Waals surface area contributed by atoms with E-state index in [1.54, 1.807) is 0 Å². The molecular weight excluding hydrogens is 244 g/mol. The van der Waals surface area contributed by atoms with Crippen molar-refractivity contribution in [3.05, 3.63) is 59.7 Å². The number of aryl methyl sites for hydroxylation is 1. The van der Waals surface area contributed by atoms with E-state index >= 15 is 0 Å². The Labute approximate surface area is 122 Å². The molecule has 2 aromatic carbocycles. The minimum atomic E-state index is 0.137. The maximum absolute atomic E-state index is 6.07. The third kappa shape index (κ3) is 3.20. The lowest BCUT2D eigenvalue weighted by Gasteiger charge is -2.24. The van der Waals surface area contributed by atoms with Crippen LogP contribution in [0.3, 0.4) is 0 Å². The molecular formula is C18H24N2. The van der Waals surface area contributed by atoms with E-state index in [1.165, 1.54) is 22.5 Å². The van der Waals surface area contributed by atoms with Crippen LogP contribution in [0.5, 0.6) is 0 Å². The number of rotatable bonds is 5. The molecule has 0 aliphatic rings. The SMILES string of the molecule is CC[C@@H](N)c1ccc(N(CC)c2cccc(C)c2)cc1. The van der Waals surface area contributed by atoms with E-state index in [0.29, 0.717) is 0 Å². The van der Waals surface area contributed by atoms with Gasteiger partial charge in [0.25, 0.3) is 0 Å². The fourth-order valence-corrected chi connectivity index (χ4v) is 2.45. The highest BCUT2D eigenvalue weighted by Crippen LogP contribution is 2.27. The number of nitrogens with zero attached hydrogens (tertiary/aromatic N) is 1. The Morgan fingerprint density at radius 1 is 1.00 bits per heavy atom. The van der Waals surface area contributed by atoms with Gasteiger partial charge in [0.05, 0.1) is 0 Å². The molecule has 2 rings (SSSR count). The van der Waals surface area contributed by atoms with Crippen molar-refractivity contribution in [1.82, 2.24) is 0 Å². The molecule has 2 aromatic rings. The Kier molecular flexibility index (Phi) is 4.80. The van der Waals surface area contributed by atoms with Crippen LogP contribution >= 0.6 is 0 Å². The van der Waals surface area contributed by atoms with Crippen molar-refractivity contribution in [3.8, 4) is 0 Å². The van der Waals surface area contributed by atoms with Gasteiger partial charge in [-0.05, 0) is 55.7 Å². The molecule has 106 valence electrons. The molecule has 1 atom stereocenters. The van der Waals surface area contributed by atoms with Crippen LogP contribution in [0.1, 0.15) is 37.4 Å². The Balaban J connectivity index is 2.28. The van der Waals surface area contributed by atoms with E-state index in [-0.39, 0.29) is 6.04 Å². The first-order valence-electron chi connectivity index (χ1n) is 7.35. The van der Waals surface area contributed by atoms with E-state index in [9.17, 15) is 0 Å². The molecule has 0 spiro atoms. The highest BCUT2D eigenvalue weighted by atomic mass is 15.1. The number of nitrogens with two attached hydrogens (primary N) is 1. The molecule has 0 aromatic heterocycles. The van der Waals surface area contributed by atoms with Crippen molar-refractivity contribution in [2.45, 2.75) is 33.2 Å². The molecule has 0 amide bonds. The number of benzene rings is 2. The molecule has 0 radical (unpaired) electrons. The van der Waals surface area contributed by atoms with Crippen LogP contribution in [-0.4, -0.2) is 6.54 Å².